The third kappa shape index (κ3) is 3.28. The number of phenolic OH excluding ortho intramolecular Hbond substituents is 1. The Labute approximate surface area is 94.5 Å². The zero-order valence-corrected chi connectivity index (χ0v) is 9.10. The summed E-state index contributed by atoms with van der Waals surface area (Å²) in [6.07, 6.45) is 0.512. The largest absolute Gasteiger partial charge is 0.508 e. The molecule has 0 aliphatic rings. The highest BCUT2D eigenvalue weighted by molar-refractivity contribution is 5.80. The molecule has 1 atom stereocenters. The van der Waals surface area contributed by atoms with E-state index in [1.165, 1.54) is 0 Å². The van der Waals surface area contributed by atoms with Crippen LogP contribution < -0.4 is 5.32 Å². The van der Waals surface area contributed by atoms with Crippen LogP contribution in [0.15, 0.2) is 24.3 Å². The molecule has 0 fully saturated rings. The van der Waals surface area contributed by atoms with Gasteiger partial charge >= 0.3 is 0 Å². The second-order valence-corrected chi connectivity index (χ2v) is 3.47. The van der Waals surface area contributed by atoms with Crippen LogP contribution in [0.1, 0.15) is 18.9 Å². The van der Waals surface area contributed by atoms with Crippen molar-refractivity contribution < 1.29 is 9.90 Å². The predicted octanol–water partition coefficient (Wildman–Crippen LogP) is 1.56. The average Bonchev–Trinajstić information content (AvgIpc) is 2.30. The molecule has 0 bridgehead atoms. The van der Waals surface area contributed by atoms with Gasteiger partial charge in [-0.25, -0.2) is 0 Å². The summed E-state index contributed by atoms with van der Waals surface area (Å²) in [5, 5.41) is 20.4. The molecular formula is C12H14N2O2. The van der Waals surface area contributed by atoms with Gasteiger partial charge in [0.1, 0.15) is 11.7 Å². The first-order valence-electron chi connectivity index (χ1n) is 5.12. The molecule has 16 heavy (non-hydrogen) atoms. The van der Waals surface area contributed by atoms with Crippen LogP contribution in [0.5, 0.6) is 5.75 Å². The van der Waals surface area contributed by atoms with E-state index in [1.54, 1.807) is 31.2 Å². The highest BCUT2D eigenvalue weighted by atomic mass is 16.3. The summed E-state index contributed by atoms with van der Waals surface area (Å²) in [5.74, 6) is -0.645. The Morgan fingerprint density at radius 1 is 1.50 bits per heavy atom. The van der Waals surface area contributed by atoms with Gasteiger partial charge < -0.3 is 10.4 Å². The Hall–Kier alpha value is -2.02. The molecule has 1 unspecified atom stereocenters. The summed E-state index contributed by atoms with van der Waals surface area (Å²) in [6.45, 7) is 2.17. The number of aromatic hydroxyl groups is 1. The van der Waals surface area contributed by atoms with Crippen LogP contribution >= 0.6 is 0 Å². The van der Waals surface area contributed by atoms with E-state index in [4.69, 9.17) is 10.4 Å². The Morgan fingerprint density at radius 2 is 2.12 bits per heavy atom. The maximum absolute atomic E-state index is 11.5. The Kier molecular flexibility index (Phi) is 4.34. The van der Waals surface area contributed by atoms with Gasteiger partial charge in [0.25, 0.3) is 0 Å². The van der Waals surface area contributed by atoms with E-state index >= 15 is 0 Å². The van der Waals surface area contributed by atoms with Crippen molar-refractivity contribution in [2.45, 2.75) is 19.9 Å². The quantitative estimate of drug-likeness (QED) is 0.805. The van der Waals surface area contributed by atoms with Gasteiger partial charge in [-0.3, -0.25) is 4.79 Å². The Bertz CT molecular complexity index is 392. The molecular weight excluding hydrogens is 204 g/mol. The Balaban J connectivity index is 2.49. The summed E-state index contributed by atoms with van der Waals surface area (Å²) < 4.78 is 0. The first-order valence-corrected chi connectivity index (χ1v) is 5.12. The molecule has 2 N–H and O–H groups in total. The van der Waals surface area contributed by atoms with Gasteiger partial charge in [0.2, 0.25) is 5.91 Å². The molecule has 1 aromatic rings. The summed E-state index contributed by atoms with van der Waals surface area (Å²) in [5.41, 5.74) is 0.888. The van der Waals surface area contributed by atoms with Crippen LogP contribution in [-0.4, -0.2) is 11.0 Å². The molecule has 0 radical (unpaired) electrons. The van der Waals surface area contributed by atoms with E-state index < -0.39 is 5.92 Å². The fourth-order valence-corrected chi connectivity index (χ4v) is 1.26. The number of rotatable bonds is 4. The van der Waals surface area contributed by atoms with E-state index in [2.05, 4.69) is 5.32 Å². The molecule has 4 heteroatoms. The minimum Gasteiger partial charge on any atom is -0.508 e. The minimum atomic E-state index is -0.586. The average molecular weight is 218 g/mol. The van der Waals surface area contributed by atoms with E-state index in [0.717, 1.165) is 5.56 Å². The SMILES string of the molecule is CCC(C#N)C(=O)NCc1ccc(O)cc1. The van der Waals surface area contributed by atoms with Crippen molar-refractivity contribution in [1.29, 1.82) is 5.26 Å². The number of carbonyl (C=O) groups is 1. The third-order valence-corrected chi connectivity index (χ3v) is 2.28. The fraction of sp³-hybridized carbons (Fsp3) is 0.333. The molecule has 4 nitrogen and oxygen atoms in total. The lowest BCUT2D eigenvalue weighted by Crippen LogP contribution is -2.29. The molecule has 0 spiro atoms. The predicted molar refractivity (Wildman–Crippen MR) is 59.3 cm³/mol. The molecule has 1 rings (SSSR count). The normalized spacial score (nSPS) is 11.5. The molecule has 0 aliphatic heterocycles. The number of carbonyl (C=O) groups excluding carboxylic acids is 1. The van der Waals surface area contributed by atoms with Crippen LogP contribution in [-0.2, 0) is 11.3 Å². The molecule has 84 valence electrons. The van der Waals surface area contributed by atoms with Gasteiger partial charge in [-0.15, -0.1) is 0 Å². The van der Waals surface area contributed by atoms with E-state index in [-0.39, 0.29) is 11.7 Å². The lowest BCUT2D eigenvalue weighted by molar-refractivity contribution is -0.123. The summed E-state index contributed by atoms with van der Waals surface area (Å²) in [6, 6.07) is 8.51. The lowest BCUT2D eigenvalue weighted by atomic mass is 10.1. The lowest BCUT2D eigenvalue weighted by Gasteiger charge is -2.08. The van der Waals surface area contributed by atoms with Gasteiger partial charge in [-0.1, -0.05) is 19.1 Å². The molecule has 1 amide bonds. The van der Waals surface area contributed by atoms with Gasteiger partial charge in [0.15, 0.2) is 0 Å². The second kappa shape index (κ2) is 5.76. The zero-order valence-electron chi connectivity index (χ0n) is 9.10. The monoisotopic (exact) mass is 218 g/mol. The topological polar surface area (TPSA) is 73.1 Å². The molecule has 0 aromatic heterocycles. The standard InChI is InChI=1S/C12H14N2O2/c1-2-10(7-13)12(16)14-8-9-3-5-11(15)6-4-9/h3-6,10,15H,2,8H2,1H3,(H,14,16). The number of hydrogen-bond donors (Lipinski definition) is 2. The van der Waals surface area contributed by atoms with Crippen LogP contribution in [0.25, 0.3) is 0 Å². The van der Waals surface area contributed by atoms with Gasteiger partial charge in [-0.05, 0) is 24.1 Å². The maximum atomic E-state index is 11.5. The number of nitrogens with one attached hydrogen (secondary N) is 1. The van der Waals surface area contributed by atoms with E-state index in [9.17, 15) is 4.79 Å². The number of amides is 1. The number of nitrogens with zero attached hydrogens (tertiary/aromatic N) is 1. The Morgan fingerprint density at radius 3 is 2.62 bits per heavy atom. The van der Waals surface area contributed by atoms with Crippen LogP contribution in [0.2, 0.25) is 0 Å². The first-order chi connectivity index (χ1) is 7.67. The molecule has 0 saturated heterocycles. The van der Waals surface area contributed by atoms with Crippen molar-refractivity contribution in [3.05, 3.63) is 29.8 Å². The smallest absolute Gasteiger partial charge is 0.237 e. The van der Waals surface area contributed by atoms with Crippen molar-refractivity contribution in [3.8, 4) is 11.8 Å². The van der Waals surface area contributed by atoms with Gasteiger partial charge in [0.05, 0.1) is 6.07 Å². The first kappa shape index (κ1) is 12.1. The molecule has 1 aromatic carbocycles. The zero-order chi connectivity index (χ0) is 12.0. The van der Waals surface area contributed by atoms with Gasteiger partial charge in [0, 0.05) is 6.54 Å². The van der Waals surface area contributed by atoms with Crippen LogP contribution in [0.4, 0.5) is 0 Å². The van der Waals surface area contributed by atoms with Gasteiger partial charge in [-0.2, -0.15) is 5.26 Å². The second-order valence-electron chi connectivity index (χ2n) is 3.47. The highest BCUT2D eigenvalue weighted by Gasteiger charge is 2.14. The van der Waals surface area contributed by atoms with Crippen molar-refractivity contribution in [2.75, 3.05) is 0 Å². The van der Waals surface area contributed by atoms with E-state index in [0.29, 0.717) is 13.0 Å². The molecule has 0 aliphatic carbocycles. The van der Waals surface area contributed by atoms with Crippen LogP contribution in [0, 0.1) is 17.2 Å². The molecule has 0 heterocycles. The fourth-order valence-electron chi connectivity index (χ4n) is 1.26. The number of nitriles is 1. The van der Waals surface area contributed by atoms with Crippen molar-refractivity contribution >= 4 is 5.91 Å². The highest BCUT2D eigenvalue weighted by Crippen LogP contribution is 2.09. The maximum Gasteiger partial charge on any atom is 0.237 e. The van der Waals surface area contributed by atoms with E-state index in [1.807, 2.05) is 6.07 Å². The van der Waals surface area contributed by atoms with Crippen molar-refractivity contribution in [1.82, 2.24) is 5.32 Å². The third-order valence-electron chi connectivity index (χ3n) is 2.28. The number of phenols is 1. The summed E-state index contributed by atoms with van der Waals surface area (Å²) in [7, 11) is 0. The van der Waals surface area contributed by atoms with Crippen molar-refractivity contribution in [2.24, 2.45) is 5.92 Å². The van der Waals surface area contributed by atoms with Crippen molar-refractivity contribution in [3.63, 3.8) is 0 Å². The molecule has 0 saturated carbocycles. The summed E-state index contributed by atoms with van der Waals surface area (Å²) in [4.78, 5) is 11.5. The minimum absolute atomic E-state index is 0.193. The van der Waals surface area contributed by atoms with Crippen LogP contribution in [0.3, 0.4) is 0 Å². The number of benzene rings is 1. The summed E-state index contributed by atoms with van der Waals surface area (Å²) >= 11 is 0. The number of hydrogen-bond acceptors (Lipinski definition) is 3.